The molecule has 184 valence electrons. The number of hydrogen-bond acceptors (Lipinski definition) is 2. The second-order valence-electron chi connectivity index (χ2n) is 10.7. The maximum absolute atomic E-state index is 14.0. The number of terminal acetylenes is 1. The van der Waals surface area contributed by atoms with Crippen molar-refractivity contribution in [1.82, 2.24) is 0 Å². The predicted octanol–water partition coefficient (Wildman–Crippen LogP) is 8.74. The van der Waals surface area contributed by atoms with E-state index in [9.17, 15) is 8.78 Å². The first kappa shape index (κ1) is 23.6. The monoisotopic (exact) mass is 490 g/mol. The number of hydrogen-bond donors (Lipinski definition) is 1. The fraction of sp³-hybridized carbons (Fsp3) is 0.273. The summed E-state index contributed by atoms with van der Waals surface area (Å²) in [4.78, 5) is 4.53. The van der Waals surface area contributed by atoms with E-state index in [4.69, 9.17) is 11.8 Å². The minimum atomic E-state index is -2.83. The fourth-order valence-electron chi connectivity index (χ4n) is 6.07. The van der Waals surface area contributed by atoms with E-state index in [2.05, 4.69) is 72.4 Å². The third-order valence-corrected chi connectivity index (χ3v) is 8.00. The molecule has 0 radical (unpaired) electrons. The number of rotatable bonds is 6. The van der Waals surface area contributed by atoms with E-state index in [1.807, 2.05) is 19.2 Å². The molecule has 4 heteroatoms. The Balaban J connectivity index is 1.19. The van der Waals surface area contributed by atoms with Gasteiger partial charge in [-0.2, -0.15) is 0 Å². The maximum Gasteiger partial charge on any atom is 0.259 e. The highest BCUT2D eigenvalue weighted by molar-refractivity contribution is 6.33. The summed E-state index contributed by atoms with van der Waals surface area (Å²) in [5.41, 5.74) is 8.85. The first-order valence-corrected chi connectivity index (χ1v) is 12.8. The van der Waals surface area contributed by atoms with Gasteiger partial charge in [-0.05, 0) is 87.6 Å². The Hall–Kier alpha value is -3.84. The van der Waals surface area contributed by atoms with Crippen molar-refractivity contribution in [3.8, 4) is 23.5 Å². The number of nitrogens with zero attached hydrogens (tertiary/aromatic N) is 1. The SMILES string of the molecule is C#CCC(F)(F)CC1CC1C1=C(C)C=C(c2ccc(-c3ccc4c5c(ccc4c3)N=CC5C)cc2)C1=N. The van der Waals surface area contributed by atoms with Crippen LogP contribution in [0.2, 0.25) is 0 Å². The van der Waals surface area contributed by atoms with E-state index in [1.165, 1.54) is 16.3 Å². The van der Waals surface area contributed by atoms with E-state index in [1.54, 1.807) is 0 Å². The molecule has 1 saturated carbocycles. The van der Waals surface area contributed by atoms with E-state index < -0.39 is 12.3 Å². The van der Waals surface area contributed by atoms with Crippen molar-refractivity contribution in [3.05, 3.63) is 82.9 Å². The summed E-state index contributed by atoms with van der Waals surface area (Å²) in [6.07, 6.45) is 9.12. The topological polar surface area (TPSA) is 36.2 Å². The number of allylic oxidation sites excluding steroid dienone is 4. The summed E-state index contributed by atoms with van der Waals surface area (Å²) in [6, 6.07) is 19.1. The average Bonchev–Trinajstić information content (AvgIpc) is 3.38. The van der Waals surface area contributed by atoms with E-state index in [0.29, 0.717) is 18.1 Å². The molecule has 1 heterocycles. The van der Waals surface area contributed by atoms with Gasteiger partial charge in [-0.3, -0.25) is 10.4 Å². The number of halogens is 2. The average molecular weight is 491 g/mol. The lowest BCUT2D eigenvalue weighted by atomic mass is 9.92. The smallest absolute Gasteiger partial charge is 0.259 e. The molecule has 1 aliphatic heterocycles. The Morgan fingerprint density at radius 1 is 1.05 bits per heavy atom. The zero-order chi connectivity index (χ0) is 25.9. The van der Waals surface area contributed by atoms with Gasteiger partial charge in [0, 0.05) is 24.1 Å². The number of alkyl halides is 2. The molecule has 37 heavy (non-hydrogen) atoms. The molecule has 0 spiro atoms. The Bertz CT molecular complexity index is 1580. The van der Waals surface area contributed by atoms with E-state index >= 15 is 0 Å². The highest BCUT2D eigenvalue weighted by atomic mass is 19.3. The van der Waals surface area contributed by atoms with Crippen LogP contribution in [0, 0.1) is 29.6 Å². The van der Waals surface area contributed by atoms with Crippen molar-refractivity contribution in [1.29, 1.82) is 5.41 Å². The molecular formula is C33H28F2N2. The molecule has 3 aromatic rings. The molecule has 3 unspecified atom stereocenters. The molecule has 0 bridgehead atoms. The van der Waals surface area contributed by atoms with Crippen LogP contribution in [0.3, 0.4) is 0 Å². The van der Waals surface area contributed by atoms with Crippen LogP contribution in [-0.2, 0) is 0 Å². The van der Waals surface area contributed by atoms with Gasteiger partial charge in [-0.1, -0.05) is 49.4 Å². The zero-order valence-electron chi connectivity index (χ0n) is 21.0. The Morgan fingerprint density at radius 2 is 1.78 bits per heavy atom. The number of nitrogens with one attached hydrogen (secondary N) is 1. The zero-order valence-corrected chi connectivity index (χ0v) is 21.0. The lowest BCUT2D eigenvalue weighted by molar-refractivity contribution is -0.00851. The Labute approximate surface area is 216 Å². The van der Waals surface area contributed by atoms with Crippen LogP contribution < -0.4 is 0 Å². The summed E-state index contributed by atoms with van der Waals surface area (Å²) >= 11 is 0. The lowest BCUT2D eigenvalue weighted by Gasteiger charge is -2.14. The van der Waals surface area contributed by atoms with Gasteiger partial charge in [0.2, 0.25) is 0 Å². The highest BCUT2D eigenvalue weighted by Gasteiger charge is 2.48. The van der Waals surface area contributed by atoms with Crippen molar-refractivity contribution < 1.29 is 8.78 Å². The van der Waals surface area contributed by atoms with Crippen molar-refractivity contribution in [2.75, 3.05) is 0 Å². The van der Waals surface area contributed by atoms with Gasteiger partial charge in [0.05, 0.1) is 17.8 Å². The Morgan fingerprint density at radius 3 is 2.54 bits per heavy atom. The molecule has 0 aromatic heterocycles. The highest BCUT2D eigenvalue weighted by Crippen LogP contribution is 2.53. The fourth-order valence-corrected chi connectivity index (χ4v) is 6.07. The molecule has 3 atom stereocenters. The minimum Gasteiger partial charge on any atom is -0.300 e. The van der Waals surface area contributed by atoms with Gasteiger partial charge in [0.25, 0.3) is 5.92 Å². The summed E-state index contributed by atoms with van der Waals surface area (Å²) in [6.45, 7) is 4.16. The second-order valence-corrected chi connectivity index (χ2v) is 10.7. The van der Waals surface area contributed by atoms with Gasteiger partial charge in [0.15, 0.2) is 0 Å². The molecule has 2 aliphatic carbocycles. The number of benzene rings is 3. The molecule has 0 amide bonds. The van der Waals surface area contributed by atoms with Gasteiger partial charge < -0.3 is 0 Å². The first-order chi connectivity index (χ1) is 17.8. The standard InChI is InChI=1S/C33H28F2N2/c1-4-13-33(34,35)17-25-16-27(25)31-19(2)14-28(32(31)36)22-7-5-21(6-8-22)23-9-11-26-24(15-23)10-12-29-30(26)20(3)18-37-29/h1,5-12,14-15,18,20,25,27,36H,13,16-17H2,2-3H3. The largest absolute Gasteiger partial charge is 0.300 e. The van der Waals surface area contributed by atoms with Crippen LogP contribution in [0.1, 0.15) is 50.2 Å². The van der Waals surface area contributed by atoms with Crippen molar-refractivity contribution >= 4 is 34.0 Å². The molecule has 6 rings (SSSR count). The normalized spacial score (nSPS) is 22.4. The molecule has 0 saturated heterocycles. The third-order valence-electron chi connectivity index (χ3n) is 8.00. The molecule has 1 N–H and O–H groups in total. The van der Waals surface area contributed by atoms with E-state index in [0.717, 1.165) is 39.1 Å². The van der Waals surface area contributed by atoms with Crippen LogP contribution in [0.5, 0.6) is 0 Å². The van der Waals surface area contributed by atoms with Crippen molar-refractivity contribution in [2.45, 2.75) is 45.0 Å². The minimum absolute atomic E-state index is 0.0244. The Kier molecular flexibility index (Phi) is 5.49. The van der Waals surface area contributed by atoms with Crippen LogP contribution in [0.15, 0.2) is 76.8 Å². The van der Waals surface area contributed by atoms with Gasteiger partial charge in [-0.25, -0.2) is 8.78 Å². The van der Waals surface area contributed by atoms with Crippen molar-refractivity contribution in [2.24, 2.45) is 16.8 Å². The summed E-state index contributed by atoms with van der Waals surface area (Å²) in [7, 11) is 0. The van der Waals surface area contributed by atoms with Crippen LogP contribution in [0.25, 0.3) is 27.5 Å². The summed E-state index contributed by atoms with van der Waals surface area (Å²) in [5, 5.41) is 11.3. The van der Waals surface area contributed by atoms with Crippen LogP contribution >= 0.6 is 0 Å². The molecular weight excluding hydrogens is 462 g/mol. The third kappa shape index (κ3) is 4.13. The van der Waals surface area contributed by atoms with Gasteiger partial charge >= 0.3 is 0 Å². The lowest BCUT2D eigenvalue weighted by Crippen LogP contribution is -2.16. The number of fused-ring (bicyclic) bond motifs is 3. The van der Waals surface area contributed by atoms with Gasteiger partial charge in [-0.15, -0.1) is 12.3 Å². The predicted molar refractivity (Wildman–Crippen MR) is 149 cm³/mol. The first-order valence-electron chi connectivity index (χ1n) is 12.8. The van der Waals surface area contributed by atoms with E-state index in [-0.39, 0.29) is 18.3 Å². The second kappa shape index (κ2) is 8.63. The van der Waals surface area contributed by atoms with Crippen molar-refractivity contribution in [3.63, 3.8) is 0 Å². The molecule has 1 fully saturated rings. The molecule has 3 aromatic carbocycles. The summed E-state index contributed by atoms with van der Waals surface area (Å²) < 4.78 is 28.0. The molecule has 2 nitrogen and oxygen atoms in total. The number of aliphatic imine (C=N–C) groups is 1. The maximum atomic E-state index is 14.0. The van der Waals surface area contributed by atoms with Crippen LogP contribution in [0.4, 0.5) is 14.5 Å². The van der Waals surface area contributed by atoms with Gasteiger partial charge in [0.1, 0.15) is 0 Å². The van der Waals surface area contributed by atoms with Crippen LogP contribution in [-0.4, -0.2) is 17.8 Å². The quantitative estimate of drug-likeness (QED) is 0.335. The summed E-state index contributed by atoms with van der Waals surface area (Å²) in [5.74, 6) is -0.495. The molecule has 3 aliphatic rings.